The van der Waals surface area contributed by atoms with E-state index in [-0.39, 0.29) is 12.5 Å². The van der Waals surface area contributed by atoms with E-state index in [1.807, 2.05) is 59.4 Å². The summed E-state index contributed by atoms with van der Waals surface area (Å²) < 4.78 is 12.7. The third-order valence-corrected chi connectivity index (χ3v) is 5.14. The van der Waals surface area contributed by atoms with E-state index >= 15 is 0 Å². The fourth-order valence-corrected chi connectivity index (χ4v) is 3.19. The van der Waals surface area contributed by atoms with Crippen LogP contribution in [-0.2, 0) is 33.8 Å². The number of amides is 1. The van der Waals surface area contributed by atoms with Gasteiger partial charge in [-0.25, -0.2) is 5.48 Å². The second-order valence-electron chi connectivity index (χ2n) is 7.42. The van der Waals surface area contributed by atoms with Gasteiger partial charge in [0.1, 0.15) is 0 Å². The summed E-state index contributed by atoms with van der Waals surface area (Å²) in [7, 11) is 1.55. The van der Waals surface area contributed by atoms with Crippen molar-refractivity contribution in [3.8, 4) is 0 Å². The summed E-state index contributed by atoms with van der Waals surface area (Å²) in [5.41, 5.74) is 3.96. The molecule has 2 aromatic carbocycles. The molecule has 0 fully saturated rings. The van der Waals surface area contributed by atoms with Crippen molar-refractivity contribution in [2.24, 2.45) is 0 Å². The van der Waals surface area contributed by atoms with E-state index in [9.17, 15) is 4.79 Å². The van der Waals surface area contributed by atoms with Crippen LogP contribution in [0.1, 0.15) is 30.4 Å². The normalized spacial score (nSPS) is 11.4. The molecule has 0 aliphatic carbocycles. The lowest BCUT2D eigenvalue weighted by atomic mass is 10.0. The van der Waals surface area contributed by atoms with Gasteiger partial charge in [-0.2, -0.15) is 5.10 Å². The van der Waals surface area contributed by atoms with Crippen LogP contribution in [0.4, 0.5) is 0 Å². The lowest BCUT2D eigenvalue weighted by Gasteiger charge is -2.13. The van der Waals surface area contributed by atoms with Crippen LogP contribution in [0.15, 0.2) is 73.1 Å². The van der Waals surface area contributed by atoms with E-state index in [4.69, 9.17) is 26.3 Å². The summed E-state index contributed by atoms with van der Waals surface area (Å²) >= 11 is 5.78. The van der Waals surface area contributed by atoms with Crippen LogP contribution in [0.2, 0.25) is 5.02 Å². The molecule has 0 aliphatic rings. The van der Waals surface area contributed by atoms with Gasteiger partial charge in [-0.15, -0.1) is 0 Å². The smallest absolute Gasteiger partial charge is 0.245 e. The average molecular weight is 474 g/mol. The maximum atomic E-state index is 11.0. The summed E-state index contributed by atoms with van der Waals surface area (Å²) in [6.45, 7) is 2.39. The van der Waals surface area contributed by atoms with E-state index < -0.39 is 5.91 Å². The molecule has 1 heterocycles. The van der Waals surface area contributed by atoms with Gasteiger partial charge < -0.3 is 9.47 Å². The molecular formula is C25H32ClN3O4. The largest absolute Gasteiger partial charge is 0.381 e. The molecular weight excluding hydrogens is 442 g/mol. The molecule has 1 amide bonds. The number of carbonyl (C=O) groups is 1. The molecule has 0 saturated carbocycles. The first kappa shape index (κ1) is 26.5. The van der Waals surface area contributed by atoms with Gasteiger partial charge in [0.2, 0.25) is 5.91 Å². The zero-order chi connectivity index (χ0) is 23.7. The number of nitrogens with zero attached hydrogens (tertiary/aromatic N) is 2. The molecule has 1 aromatic heterocycles. The van der Waals surface area contributed by atoms with Crippen LogP contribution in [0.25, 0.3) is 0 Å². The first-order valence-electron chi connectivity index (χ1n) is 10.9. The maximum absolute atomic E-state index is 11.0. The number of nitrogens with one attached hydrogen (secondary N) is 1. The lowest BCUT2D eigenvalue weighted by Crippen LogP contribution is -2.25. The van der Waals surface area contributed by atoms with Crippen molar-refractivity contribution in [1.29, 1.82) is 0 Å². The predicted molar refractivity (Wildman–Crippen MR) is 128 cm³/mol. The highest BCUT2D eigenvalue weighted by Gasteiger charge is 2.12. The van der Waals surface area contributed by atoms with Gasteiger partial charge in [0.25, 0.3) is 0 Å². The second-order valence-corrected chi connectivity index (χ2v) is 7.86. The SMILES string of the molecule is COC(CCc1ccc(Cl)cc1)CC(=O)NO.c1ccc(COCCCn2cccn2)cc1. The van der Waals surface area contributed by atoms with Crippen LogP contribution >= 0.6 is 11.6 Å². The van der Waals surface area contributed by atoms with Gasteiger partial charge in [0.05, 0.1) is 19.1 Å². The minimum atomic E-state index is -0.437. The molecule has 0 radical (unpaired) electrons. The molecule has 1 unspecified atom stereocenters. The Labute approximate surface area is 200 Å². The number of halogens is 1. The van der Waals surface area contributed by atoms with Gasteiger partial charge >= 0.3 is 0 Å². The third-order valence-electron chi connectivity index (χ3n) is 4.89. The van der Waals surface area contributed by atoms with Gasteiger partial charge in [0, 0.05) is 37.7 Å². The molecule has 1 atom stereocenters. The van der Waals surface area contributed by atoms with Crippen molar-refractivity contribution in [3.63, 3.8) is 0 Å². The van der Waals surface area contributed by atoms with Gasteiger partial charge in [-0.3, -0.25) is 14.7 Å². The average Bonchev–Trinajstić information content (AvgIpc) is 3.37. The Hall–Kier alpha value is -2.71. The van der Waals surface area contributed by atoms with Crippen LogP contribution in [-0.4, -0.2) is 40.7 Å². The monoisotopic (exact) mass is 473 g/mol. The fourth-order valence-electron chi connectivity index (χ4n) is 3.06. The van der Waals surface area contributed by atoms with Crippen molar-refractivity contribution in [1.82, 2.24) is 15.3 Å². The molecule has 2 N–H and O–H groups in total. The van der Waals surface area contributed by atoms with Crippen LogP contribution in [0.5, 0.6) is 0 Å². The summed E-state index contributed by atoms with van der Waals surface area (Å²) in [4.78, 5) is 11.0. The number of hydroxylamine groups is 1. The second kappa shape index (κ2) is 16.0. The van der Waals surface area contributed by atoms with Gasteiger partial charge in [-0.05, 0) is 48.6 Å². The van der Waals surface area contributed by atoms with E-state index in [2.05, 4.69) is 17.2 Å². The standard InChI is InChI=1S/C13H16N2O.C12H16ClNO3/c1-2-6-13(7-3-1)12-16-11-5-10-15-9-4-8-14-15;1-17-11(8-12(15)14-16)7-4-9-2-5-10(13)6-3-9/h1-4,6-9H,5,10-12H2;2-3,5-6,11,16H,4,7-8H2,1H3,(H,14,15). The number of methoxy groups -OCH3 is 1. The van der Waals surface area contributed by atoms with Crippen molar-refractivity contribution < 1.29 is 19.5 Å². The molecule has 3 aromatic rings. The minimum absolute atomic E-state index is 0.153. The molecule has 3 rings (SSSR count). The Kier molecular flexibility index (Phi) is 12.9. The topological polar surface area (TPSA) is 85.6 Å². The highest BCUT2D eigenvalue weighted by molar-refractivity contribution is 6.30. The summed E-state index contributed by atoms with van der Waals surface area (Å²) in [5.74, 6) is -0.437. The molecule has 0 spiro atoms. The zero-order valence-electron chi connectivity index (χ0n) is 18.9. The molecule has 7 nitrogen and oxygen atoms in total. The minimum Gasteiger partial charge on any atom is -0.381 e. The number of hydrogen-bond acceptors (Lipinski definition) is 5. The molecule has 178 valence electrons. The Bertz CT molecular complexity index is 890. The summed E-state index contributed by atoms with van der Waals surface area (Å²) in [6.07, 6.45) is 6.23. The van der Waals surface area contributed by atoms with Crippen molar-refractivity contribution in [2.45, 2.75) is 44.9 Å². The van der Waals surface area contributed by atoms with Gasteiger partial charge in [-0.1, -0.05) is 54.1 Å². The summed E-state index contributed by atoms with van der Waals surface area (Å²) in [6, 6.07) is 19.7. The van der Waals surface area contributed by atoms with Crippen LogP contribution in [0.3, 0.4) is 0 Å². The van der Waals surface area contributed by atoms with Gasteiger partial charge in [0.15, 0.2) is 0 Å². The molecule has 0 saturated heterocycles. The molecule has 0 bridgehead atoms. The van der Waals surface area contributed by atoms with Crippen molar-refractivity contribution in [2.75, 3.05) is 13.7 Å². The Balaban J connectivity index is 0.000000234. The molecule has 33 heavy (non-hydrogen) atoms. The highest BCUT2D eigenvalue weighted by atomic mass is 35.5. The Morgan fingerprint density at radius 3 is 2.52 bits per heavy atom. The van der Waals surface area contributed by atoms with Crippen LogP contribution < -0.4 is 5.48 Å². The first-order chi connectivity index (χ1) is 16.1. The van der Waals surface area contributed by atoms with E-state index in [0.29, 0.717) is 18.1 Å². The number of aromatic nitrogens is 2. The zero-order valence-corrected chi connectivity index (χ0v) is 19.7. The van der Waals surface area contributed by atoms with E-state index in [1.165, 1.54) is 5.56 Å². The van der Waals surface area contributed by atoms with Crippen molar-refractivity contribution in [3.05, 3.63) is 89.2 Å². The molecule has 8 heteroatoms. The predicted octanol–water partition coefficient (Wildman–Crippen LogP) is 4.67. The summed E-state index contributed by atoms with van der Waals surface area (Å²) in [5, 5.41) is 13.3. The van der Waals surface area contributed by atoms with E-state index in [1.54, 1.807) is 18.8 Å². The number of rotatable bonds is 12. The first-order valence-corrected chi connectivity index (χ1v) is 11.3. The van der Waals surface area contributed by atoms with Crippen LogP contribution in [0, 0.1) is 0 Å². The number of aryl methyl sites for hydroxylation is 2. The number of carbonyl (C=O) groups excluding carboxylic acids is 1. The lowest BCUT2D eigenvalue weighted by molar-refractivity contribution is -0.131. The number of ether oxygens (including phenoxy) is 2. The fraction of sp³-hybridized carbons (Fsp3) is 0.360. The maximum Gasteiger partial charge on any atom is 0.245 e. The molecule has 0 aliphatic heterocycles. The van der Waals surface area contributed by atoms with E-state index in [0.717, 1.165) is 31.6 Å². The third kappa shape index (κ3) is 11.6. The Morgan fingerprint density at radius 1 is 1.12 bits per heavy atom. The number of hydrogen-bond donors (Lipinski definition) is 2. The van der Waals surface area contributed by atoms with Crippen molar-refractivity contribution >= 4 is 17.5 Å². The quantitative estimate of drug-likeness (QED) is 0.227. The number of benzene rings is 2. The highest BCUT2D eigenvalue weighted by Crippen LogP contribution is 2.13. The Morgan fingerprint density at radius 2 is 1.88 bits per heavy atom.